The number of ether oxygens (including phenoxy) is 2. The van der Waals surface area contributed by atoms with Gasteiger partial charge in [-0.05, 0) is 49.3 Å². The molecule has 26 heavy (non-hydrogen) atoms. The fraction of sp³-hybridized carbons (Fsp3) is 0.632. The Bertz CT molecular complexity index is 508. The summed E-state index contributed by atoms with van der Waals surface area (Å²) in [6.07, 6.45) is 4.16. The second-order valence-corrected chi connectivity index (χ2v) is 6.72. The zero-order chi connectivity index (χ0) is 17.7. The Labute approximate surface area is 179 Å². The molecule has 2 rings (SSSR count). The lowest BCUT2D eigenvalue weighted by Crippen LogP contribution is -2.39. The topological polar surface area (TPSA) is 54.9 Å². The second kappa shape index (κ2) is 14.5. The van der Waals surface area contributed by atoms with Crippen molar-refractivity contribution in [1.82, 2.24) is 10.6 Å². The average molecular weight is 496 g/mol. The van der Waals surface area contributed by atoms with Gasteiger partial charge >= 0.3 is 0 Å². The first-order valence-electron chi connectivity index (χ1n) is 9.12. The van der Waals surface area contributed by atoms with Crippen LogP contribution in [0, 0.1) is 5.92 Å². The van der Waals surface area contributed by atoms with Gasteiger partial charge in [-0.1, -0.05) is 23.7 Å². The van der Waals surface area contributed by atoms with E-state index in [9.17, 15) is 0 Å². The summed E-state index contributed by atoms with van der Waals surface area (Å²) >= 11 is 5.90. The SMILES string of the molecule is CN=C(NCCCOCC1CCOCC1)NCCc1ccc(Cl)cc1.I. The summed E-state index contributed by atoms with van der Waals surface area (Å²) in [6, 6.07) is 7.95. The fourth-order valence-corrected chi connectivity index (χ4v) is 2.87. The van der Waals surface area contributed by atoms with E-state index in [-0.39, 0.29) is 24.0 Å². The maximum absolute atomic E-state index is 5.90. The van der Waals surface area contributed by atoms with E-state index in [1.54, 1.807) is 7.05 Å². The molecule has 148 valence electrons. The summed E-state index contributed by atoms with van der Waals surface area (Å²) in [4.78, 5) is 4.24. The highest BCUT2D eigenvalue weighted by Gasteiger charge is 2.13. The van der Waals surface area contributed by atoms with Gasteiger partial charge in [-0.25, -0.2) is 0 Å². The van der Waals surface area contributed by atoms with Crippen molar-refractivity contribution < 1.29 is 9.47 Å². The van der Waals surface area contributed by atoms with Crippen LogP contribution in [0.3, 0.4) is 0 Å². The van der Waals surface area contributed by atoms with Crippen LogP contribution in [0.1, 0.15) is 24.8 Å². The number of benzene rings is 1. The quantitative estimate of drug-likeness (QED) is 0.238. The van der Waals surface area contributed by atoms with Crippen LogP contribution in [0.5, 0.6) is 0 Å². The molecule has 1 heterocycles. The monoisotopic (exact) mass is 495 g/mol. The molecule has 5 nitrogen and oxygen atoms in total. The van der Waals surface area contributed by atoms with E-state index in [1.807, 2.05) is 12.1 Å². The molecule has 0 radical (unpaired) electrons. The van der Waals surface area contributed by atoms with Crippen LogP contribution < -0.4 is 10.6 Å². The van der Waals surface area contributed by atoms with Gasteiger partial charge in [-0.15, -0.1) is 24.0 Å². The molecule has 0 unspecified atom stereocenters. The van der Waals surface area contributed by atoms with Crippen LogP contribution in [0.15, 0.2) is 29.3 Å². The third kappa shape index (κ3) is 9.94. The van der Waals surface area contributed by atoms with E-state index >= 15 is 0 Å². The minimum Gasteiger partial charge on any atom is -0.381 e. The van der Waals surface area contributed by atoms with Crippen molar-refractivity contribution in [1.29, 1.82) is 0 Å². The number of nitrogens with zero attached hydrogens (tertiary/aromatic N) is 1. The predicted molar refractivity (Wildman–Crippen MR) is 119 cm³/mol. The van der Waals surface area contributed by atoms with Gasteiger partial charge in [0.25, 0.3) is 0 Å². The summed E-state index contributed by atoms with van der Waals surface area (Å²) < 4.78 is 11.1. The van der Waals surface area contributed by atoms with E-state index < -0.39 is 0 Å². The van der Waals surface area contributed by atoms with Crippen LogP contribution >= 0.6 is 35.6 Å². The molecule has 1 fully saturated rings. The van der Waals surface area contributed by atoms with Crippen molar-refractivity contribution in [2.24, 2.45) is 10.9 Å². The third-order valence-corrected chi connectivity index (χ3v) is 4.55. The Hall–Kier alpha value is -0.570. The number of halogens is 2. The number of rotatable bonds is 9. The molecule has 0 spiro atoms. The molecule has 1 aromatic carbocycles. The lowest BCUT2D eigenvalue weighted by Gasteiger charge is -2.21. The van der Waals surface area contributed by atoms with Gasteiger partial charge in [0.1, 0.15) is 0 Å². The van der Waals surface area contributed by atoms with Gasteiger partial charge in [0.15, 0.2) is 5.96 Å². The van der Waals surface area contributed by atoms with Crippen molar-refractivity contribution in [2.45, 2.75) is 25.7 Å². The van der Waals surface area contributed by atoms with E-state index in [2.05, 4.69) is 27.8 Å². The Kier molecular flexibility index (Phi) is 13.1. The van der Waals surface area contributed by atoms with Crippen molar-refractivity contribution in [3.05, 3.63) is 34.9 Å². The van der Waals surface area contributed by atoms with Gasteiger partial charge in [-0.3, -0.25) is 4.99 Å². The van der Waals surface area contributed by atoms with E-state index in [0.717, 1.165) is 76.2 Å². The van der Waals surface area contributed by atoms with E-state index in [1.165, 1.54) is 5.56 Å². The summed E-state index contributed by atoms with van der Waals surface area (Å²) in [7, 11) is 1.79. The zero-order valence-electron chi connectivity index (χ0n) is 15.5. The number of hydrogen-bond acceptors (Lipinski definition) is 3. The molecule has 0 aliphatic carbocycles. The van der Waals surface area contributed by atoms with Crippen molar-refractivity contribution in [2.75, 3.05) is 46.6 Å². The van der Waals surface area contributed by atoms with Crippen LogP contribution in [-0.2, 0) is 15.9 Å². The van der Waals surface area contributed by atoms with E-state index in [0.29, 0.717) is 5.92 Å². The zero-order valence-corrected chi connectivity index (χ0v) is 18.6. The minimum atomic E-state index is 0. The van der Waals surface area contributed by atoms with Crippen molar-refractivity contribution in [3.63, 3.8) is 0 Å². The fourth-order valence-electron chi connectivity index (χ4n) is 2.74. The van der Waals surface area contributed by atoms with Crippen LogP contribution in [0.2, 0.25) is 5.02 Å². The number of aliphatic imine (C=N–C) groups is 1. The molecule has 2 N–H and O–H groups in total. The maximum atomic E-state index is 5.90. The van der Waals surface area contributed by atoms with Gasteiger partial charge in [0, 0.05) is 51.6 Å². The molecule has 1 saturated heterocycles. The molecule has 0 atom stereocenters. The summed E-state index contributed by atoms with van der Waals surface area (Å²) in [5.41, 5.74) is 1.26. The Balaban J connectivity index is 0.00000338. The smallest absolute Gasteiger partial charge is 0.190 e. The third-order valence-electron chi connectivity index (χ3n) is 4.30. The van der Waals surface area contributed by atoms with Crippen LogP contribution in [0.25, 0.3) is 0 Å². The molecule has 0 amide bonds. The first-order chi connectivity index (χ1) is 12.3. The van der Waals surface area contributed by atoms with Crippen molar-refractivity contribution >= 4 is 41.5 Å². The molecule has 0 saturated carbocycles. The lowest BCUT2D eigenvalue weighted by molar-refractivity contribution is 0.0203. The highest BCUT2D eigenvalue weighted by atomic mass is 127. The highest BCUT2D eigenvalue weighted by molar-refractivity contribution is 14.0. The maximum Gasteiger partial charge on any atom is 0.190 e. The van der Waals surface area contributed by atoms with Crippen LogP contribution in [-0.4, -0.2) is 52.5 Å². The van der Waals surface area contributed by atoms with Crippen molar-refractivity contribution in [3.8, 4) is 0 Å². The van der Waals surface area contributed by atoms with Crippen LogP contribution in [0.4, 0.5) is 0 Å². The first kappa shape index (κ1) is 23.5. The molecule has 1 aromatic rings. The summed E-state index contributed by atoms with van der Waals surface area (Å²) in [5.74, 6) is 1.50. The molecule has 7 heteroatoms. The number of nitrogens with one attached hydrogen (secondary N) is 2. The lowest BCUT2D eigenvalue weighted by atomic mass is 10.0. The summed E-state index contributed by atoms with van der Waals surface area (Å²) in [5, 5.41) is 7.42. The molecular weight excluding hydrogens is 465 g/mol. The first-order valence-corrected chi connectivity index (χ1v) is 9.50. The molecule has 0 aromatic heterocycles. The minimum absolute atomic E-state index is 0. The normalized spacial score (nSPS) is 15.4. The van der Waals surface area contributed by atoms with Gasteiger partial charge in [-0.2, -0.15) is 0 Å². The van der Waals surface area contributed by atoms with E-state index in [4.69, 9.17) is 21.1 Å². The predicted octanol–water partition coefficient (Wildman–Crippen LogP) is 3.50. The van der Waals surface area contributed by atoms with Gasteiger partial charge in [0.05, 0.1) is 0 Å². The van der Waals surface area contributed by atoms with Gasteiger partial charge < -0.3 is 20.1 Å². The standard InChI is InChI=1S/C19H30ClN3O2.HI/c1-21-19(23-11-7-16-3-5-18(20)6-4-16)22-10-2-12-25-15-17-8-13-24-14-9-17;/h3-6,17H,2,7-15H2,1H3,(H2,21,22,23);1H. The Morgan fingerprint density at radius 2 is 1.88 bits per heavy atom. The molecular formula is C19H31ClIN3O2. The molecule has 1 aliphatic heterocycles. The Morgan fingerprint density at radius 1 is 1.19 bits per heavy atom. The largest absolute Gasteiger partial charge is 0.381 e. The number of guanidine groups is 1. The summed E-state index contributed by atoms with van der Waals surface area (Å²) in [6.45, 7) is 5.10. The molecule has 1 aliphatic rings. The average Bonchev–Trinajstić information content (AvgIpc) is 2.65. The highest BCUT2D eigenvalue weighted by Crippen LogP contribution is 2.14. The van der Waals surface area contributed by atoms with Gasteiger partial charge in [0.2, 0.25) is 0 Å². The Morgan fingerprint density at radius 3 is 2.58 bits per heavy atom. The number of hydrogen-bond donors (Lipinski definition) is 2. The second-order valence-electron chi connectivity index (χ2n) is 6.29. The molecule has 0 bridgehead atoms.